The number of alkyl halides is 1. The highest BCUT2D eigenvalue weighted by atomic mass is 35.5. The monoisotopic (exact) mass is 243 g/mol. The van der Waals surface area contributed by atoms with E-state index in [0.29, 0.717) is 42.5 Å². The molecule has 1 N–H and O–H groups in total. The molecular weight excluding hydrogens is 234 g/mol. The Bertz CT molecular complexity index is 455. The molecule has 0 aliphatic heterocycles. The van der Waals surface area contributed by atoms with Gasteiger partial charge in [-0.2, -0.15) is 4.98 Å². The van der Waals surface area contributed by atoms with Gasteiger partial charge in [0.15, 0.2) is 5.82 Å². The van der Waals surface area contributed by atoms with Gasteiger partial charge in [-0.3, -0.25) is 0 Å². The van der Waals surface area contributed by atoms with Gasteiger partial charge in [-0.1, -0.05) is 10.3 Å². The predicted molar refractivity (Wildman–Crippen MR) is 55.1 cm³/mol. The van der Waals surface area contributed by atoms with Crippen LogP contribution in [0.1, 0.15) is 17.6 Å². The molecule has 0 radical (unpaired) electrons. The molecule has 2 aromatic rings. The maximum absolute atomic E-state index is 5.54. The van der Waals surface area contributed by atoms with E-state index in [1.807, 2.05) is 0 Å². The van der Waals surface area contributed by atoms with Gasteiger partial charge in [-0.25, -0.2) is 0 Å². The van der Waals surface area contributed by atoms with Crippen LogP contribution in [0.25, 0.3) is 0 Å². The number of nitrogens with one attached hydrogen (secondary N) is 1. The lowest BCUT2D eigenvalue weighted by atomic mass is 10.5. The highest BCUT2D eigenvalue weighted by molar-refractivity contribution is 6.17. The van der Waals surface area contributed by atoms with Gasteiger partial charge in [0.25, 0.3) is 0 Å². The summed E-state index contributed by atoms with van der Waals surface area (Å²) in [6, 6.07) is 0.322. The molecule has 0 unspecified atom stereocenters. The van der Waals surface area contributed by atoms with Gasteiger partial charge in [0, 0.05) is 19.2 Å². The molecule has 86 valence electrons. The van der Waals surface area contributed by atoms with E-state index in [0.717, 1.165) is 0 Å². The van der Waals surface area contributed by atoms with Gasteiger partial charge in [0.2, 0.25) is 11.8 Å². The van der Waals surface area contributed by atoms with Crippen molar-refractivity contribution in [3.63, 3.8) is 0 Å². The normalized spacial score (nSPS) is 10.6. The van der Waals surface area contributed by atoms with E-state index >= 15 is 0 Å². The number of hydrogen-bond donors (Lipinski definition) is 1. The maximum atomic E-state index is 5.54. The zero-order chi connectivity index (χ0) is 11.4. The van der Waals surface area contributed by atoms with E-state index < -0.39 is 0 Å². The van der Waals surface area contributed by atoms with Crippen LogP contribution in [0, 0.1) is 6.92 Å². The quantitative estimate of drug-likeness (QED) is 0.788. The van der Waals surface area contributed by atoms with Crippen molar-refractivity contribution >= 4 is 17.6 Å². The molecule has 0 aliphatic carbocycles. The molecule has 0 fully saturated rings. The number of hydrogen-bond acceptors (Lipinski definition) is 7. The maximum Gasteiger partial charge on any atom is 0.315 e. The molecule has 0 atom stereocenters. The molecule has 0 saturated heterocycles. The van der Waals surface area contributed by atoms with Crippen LogP contribution < -0.4 is 5.32 Å². The Morgan fingerprint density at radius 2 is 2.25 bits per heavy atom. The summed E-state index contributed by atoms with van der Waals surface area (Å²) in [5.74, 6) is 2.01. The zero-order valence-electron chi connectivity index (χ0n) is 8.60. The van der Waals surface area contributed by atoms with Crippen molar-refractivity contribution in [1.29, 1.82) is 0 Å². The molecule has 0 aromatic carbocycles. The minimum atomic E-state index is 0.322. The van der Waals surface area contributed by atoms with E-state index in [2.05, 4.69) is 25.7 Å². The first-order valence-electron chi connectivity index (χ1n) is 4.69. The SMILES string of the molecule is Cc1nc(CNc2nnc(CCCl)o2)no1. The molecule has 7 nitrogen and oxygen atoms in total. The van der Waals surface area contributed by atoms with Crippen LogP contribution in [0.4, 0.5) is 6.01 Å². The van der Waals surface area contributed by atoms with Crippen LogP contribution in [0.3, 0.4) is 0 Å². The lowest BCUT2D eigenvalue weighted by molar-refractivity contribution is 0.388. The number of aromatic nitrogens is 4. The molecule has 2 heterocycles. The minimum Gasteiger partial charge on any atom is -0.408 e. The fraction of sp³-hybridized carbons (Fsp3) is 0.500. The Balaban J connectivity index is 1.89. The summed E-state index contributed by atoms with van der Waals surface area (Å²) in [4.78, 5) is 4.02. The minimum absolute atomic E-state index is 0.322. The third-order valence-electron chi connectivity index (χ3n) is 1.74. The van der Waals surface area contributed by atoms with Gasteiger partial charge in [0.1, 0.15) is 0 Å². The molecular formula is C8H10ClN5O2. The summed E-state index contributed by atoms with van der Waals surface area (Å²) in [5.41, 5.74) is 0. The van der Waals surface area contributed by atoms with Crippen LogP contribution in [-0.2, 0) is 13.0 Å². The number of halogens is 1. The van der Waals surface area contributed by atoms with Crippen molar-refractivity contribution in [3.05, 3.63) is 17.6 Å². The standard InChI is InChI=1S/C8H10ClN5O2/c1-5-11-6(14-16-5)4-10-8-13-12-7(15-8)2-3-9/h2-4H2,1H3,(H,10,13). The summed E-state index contributed by atoms with van der Waals surface area (Å²) < 4.78 is 10.1. The largest absolute Gasteiger partial charge is 0.408 e. The second-order valence-corrected chi connectivity index (χ2v) is 3.40. The van der Waals surface area contributed by atoms with Gasteiger partial charge in [-0.05, 0) is 0 Å². The Morgan fingerprint density at radius 3 is 2.94 bits per heavy atom. The first-order chi connectivity index (χ1) is 7.78. The van der Waals surface area contributed by atoms with E-state index in [4.69, 9.17) is 20.5 Å². The number of aryl methyl sites for hydroxylation is 2. The lowest BCUT2D eigenvalue weighted by Crippen LogP contribution is -2.01. The molecule has 8 heteroatoms. The van der Waals surface area contributed by atoms with Gasteiger partial charge in [-0.15, -0.1) is 16.7 Å². The van der Waals surface area contributed by atoms with Crippen molar-refractivity contribution in [2.75, 3.05) is 11.2 Å². The van der Waals surface area contributed by atoms with Crippen molar-refractivity contribution < 1.29 is 8.94 Å². The smallest absolute Gasteiger partial charge is 0.315 e. The number of rotatable bonds is 5. The molecule has 2 rings (SSSR count). The highest BCUT2D eigenvalue weighted by Crippen LogP contribution is 2.07. The summed E-state index contributed by atoms with van der Waals surface area (Å²) in [6.45, 7) is 2.10. The zero-order valence-corrected chi connectivity index (χ0v) is 9.36. The average Bonchev–Trinajstić information content (AvgIpc) is 2.85. The second kappa shape index (κ2) is 4.93. The highest BCUT2D eigenvalue weighted by Gasteiger charge is 2.07. The summed E-state index contributed by atoms with van der Waals surface area (Å²) >= 11 is 5.54. The topological polar surface area (TPSA) is 89.9 Å². The predicted octanol–water partition coefficient (Wildman–Crippen LogP) is 1.15. The molecule has 2 aromatic heterocycles. The first-order valence-corrected chi connectivity index (χ1v) is 5.23. The number of anilines is 1. The first kappa shape index (κ1) is 10.9. The summed E-state index contributed by atoms with van der Waals surface area (Å²) in [6.07, 6.45) is 0.553. The third kappa shape index (κ3) is 2.69. The Labute approximate surface area is 96.2 Å². The number of nitrogens with zero attached hydrogens (tertiary/aromatic N) is 4. The average molecular weight is 244 g/mol. The Morgan fingerprint density at radius 1 is 1.38 bits per heavy atom. The lowest BCUT2D eigenvalue weighted by Gasteiger charge is -1.94. The molecule has 0 aliphatic rings. The van der Waals surface area contributed by atoms with Crippen LogP contribution in [0.5, 0.6) is 0 Å². The molecule has 0 spiro atoms. The van der Waals surface area contributed by atoms with Crippen molar-refractivity contribution in [3.8, 4) is 0 Å². The fourth-order valence-corrected chi connectivity index (χ4v) is 1.24. The van der Waals surface area contributed by atoms with Crippen molar-refractivity contribution in [2.45, 2.75) is 19.9 Å². The van der Waals surface area contributed by atoms with Crippen molar-refractivity contribution in [2.24, 2.45) is 0 Å². The molecule has 0 bridgehead atoms. The summed E-state index contributed by atoms with van der Waals surface area (Å²) in [7, 11) is 0. The molecule has 16 heavy (non-hydrogen) atoms. The van der Waals surface area contributed by atoms with E-state index in [1.165, 1.54) is 0 Å². The van der Waals surface area contributed by atoms with Gasteiger partial charge < -0.3 is 14.3 Å². The van der Waals surface area contributed by atoms with Crippen LogP contribution in [0.15, 0.2) is 8.94 Å². The van der Waals surface area contributed by atoms with E-state index in [9.17, 15) is 0 Å². The van der Waals surface area contributed by atoms with Crippen LogP contribution in [0.2, 0.25) is 0 Å². The van der Waals surface area contributed by atoms with Crippen LogP contribution in [-0.4, -0.2) is 26.2 Å². The fourth-order valence-electron chi connectivity index (χ4n) is 1.07. The Hall–Kier alpha value is -1.63. The van der Waals surface area contributed by atoms with Crippen LogP contribution >= 0.6 is 11.6 Å². The van der Waals surface area contributed by atoms with E-state index in [1.54, 1.807) is 6.92 Å². The van der Waals surface area contributed by atoms with Gasteiger partial charge >= 0.3 is 6.01 Å². The third-order valence-corrected chi connectivity index (χ3v) is 1.93. The Kier molecular flexibility index (Phi) is 3.35. The summed E-state index contributed by atoms with van der Waals surface area (Å²) in [5, 5.41) is 14.2. The second-order valence-electron chi connectivity index (χ2n) is 3.02. The molecule has 0 saturated carbocycles. The molecule has 0 amide bonds. The van der Waals surface area contributed by atoms with E-state index in [-0.39, 0.29) is 0 Å². The van der Waals surface area contributed by atoms with Gasteiger partial charge in [0.05, 0.1) is 6.54 Å². The van der Waals surface area contributed by atoms with Crippen molar-refractivity contribution in [1.82, 2.24) is 20.3 Å².